The van der Waals surface area contributed by atoms with Crippen LogP contribution in [0, 0.1) is 5.92 Å². The molecule has 0 spiro atoms. The maximum absolute atomic E-state index is 5.58. The van der Waals surface area contributed by atoms with Gasteiger partial charge in [0.15, 0.2) is 5.84 Å². The Hall–Kier alpha value is -6.06. The predicted octanol–water partition coefficient (Wildman–Crippen LogP) is 12.0. The number of para-hydroxylation sites is 2. The first-order chi connectivity index (χ1) is 24.7. The van der Waals surface area contributed by atoms with Gasteiger partial charge in [-0.25, -0.2) is 4.99 Å². The molecule has 3 heteroatoms. The molecule has 0 N–H and O–H groups in total. The number of aromatic nitrogens is 1. The number of hydrogen-bond acceptors (Lipinski definition) is 2. The third-order valence-electron chi connectivity index (χ3n) is 10.2. The zero-order valence-corrected chi connectivity index (χ0v) is 28.1. The normalized spacial score (nSPS) is 18.7. The second-order valence-electron chi connectivity index (χ2n) is 13.4. The molecular weight excluding hydrogens is 607 g/mol. The predicted molar refractivity (Wildman–Crippen MR) is 211 cm³/mol. The zero-order valence-electron chi connectivity index (χ0n) is 28.1. The highest BCUT2D eigenvalue weighted by Crippen LogP contribution is 2.36. The molecule has 1 aliphatic heterocycles. The van der Waals surface area contributed by atoms with Crippen LogP contribution in [0.3, 0.4) is 0 Å². The van der Waals surface area contributed by atoms with E-state index in [1.54, 1.807) is 0 Å². The van der Waals surface area contributed by atoms with Gasteiger partial charge in [-0.3, -0.25) is 4.99 Å². The number of fused-ring (bicyclic) bond motifs is 4. The number of rotatable bonds is 5. The molecule has 2 heterocycles. The first-order valence-corrected chi connectivity index (χ1v) is 17.6. The molecule has 240 valence electrons. The smallest absolute Gasteiger partial charge is 0.155 e. The fourth-order valence-electron chi connectivity index (χ4n) is 7.63. The van der Waals surface area contributed by atoms with Crippen molar-refractivity contribution in [3.63, 3.8) is 0 Å². The fourth-order valence-corrected chi connectivity index (χ4v) is 7.63. The van der Waals surface area contributed by atoms with Crippen LogP contribution in [0.2, 0.25) is 0 Å². The quantitative estimate of drug-likeness (QED) is 0.179. The Balaban J connectivity index is 1.19. The van der Waals surface area contributed by atoms with E-state index in [2.05, 4.69) is 181 Å². The third kappa shape index (κ3) is 5.51. The van der Waals surface area contributed by atoms with Crippen LogP contribution in [0.4, 0.5) is 0 Å². The highest BCUT2D eigenvalue weighted by molar-refractivity contribution is 6.13. The summed E-state index contributed by atoms with van der Waals surface area (Å²) >= 11 is 0. The van der Waals surface area contributed by atoms with Gasteiger partial charge in [-0.15, -0.1) is 0 Å². The maximum atomic E-state index is 5.58. The van der Waals surface area contributed by atoms with E-state index < -0.39 is 0 Å². The number of amidine groups is 1. The Morgan fingerprint density at radius 1 is 0.520 bits per heavy atom. The van der Waals surface area contributed by atoms with Crippen molar-refractivity contribution in [1.82, 2.24) is 4.57 Å². The molecule has 0 bridgehead atoms. The van der Waals surface area contributed by atoms with Crippen LogP contribution in [0.5, 0.6) is 0 Å². The lowest BCUT2D eigenvalue weighted by Crippen LogP contribution is -2.18. The van der Waals surface area contributed by atoms with E-state index in [4.69, 9.17) is 9.98 Å². The summed E-state index contributed by atoms with van der Waals surface area (Å²) in [5.41, 5.74) is 10.4. The summed E-state index contributed by atoms with van der Waals surface area (Å²) in [4.78, 5) is 11.0. The van der Waals surface area contributed by atoms with Crippen LogP contribution in [0.1, 0.15) is 42.5 Å². The van der Waals surface area contributed by atoms with Crippen molar-refractivity contribution in [3.05, 3.63) is 187 Å². The fraction of sp³-hybridized carbons (Fsp3) is 0.106. The van der Waals surface area contributed by atoms with Crippen molar-refractivity contribution in [1.29, 1.82) is 0 Å². The Kier molecular flexibility index (Phi) is 7.66. The summed E-state index contributed by atoms with van der Waals surface area (Å²) in [5, 5.41) is 5.01. The van der Waals surface area contributed by atoms with E-state index in [-0.39, 0.29) is 6.04 Å². The minimum atomic E-state index is -0.0385. The lowest BCUT2D eigenvalue weighted by molar-refractivity contribution is 0.446. The summed E-state index contributed by atoms with van der Waals surface area (Å²) in [6.07, 6.45) is 1.88. The summed E-state index contributed by atoms with van der Waals surface area (Å²) in [6, 6.07) is 60.9. The second kappa shape index (κ2) is 12.8. The van der Waals surface area contributed by atoms with E-state index in [9.17, 15) is 0 Å². The minimum Gasteiger partial charge on any atom is -0.309 e. The molecular formula is C47H37N3. The third-order valence-corrected chi connectivity index (χ3v) is 10.2. The molecule has 0 amide bonds. The summed E-state index contributed by atoms with van der Waals surface area (Å²) in [5.74, 6) is 1.09. The molecule has 50 heavy (non-hydrogen) atoms. The van der Waals surface area contributed by atoms with Gasteiger partial charge in [0.05, 0.1) is 22.8 Å². The lowest BCUT2D eigenvalue weighted by Gasteiger charge is -2.25. The van der Waals surface area contributed by atoms with Gasteiger partial charge in [0.2, 0.25) is 0 Å². The van der Waals surface area contributed by atoms with Crippen LogP contribution in [-0.4, -0.2) is 16.1 Å². The van der Waals surface area contributed by atoms with E-state index >= 15 is 0 Å². The van der Waals surface area contributed by atoms with Gasteiger partial charge in [-0.1, -0.05) is 140 Å². The molecule has 0 saturated carbocycles. The van der Waals surface area contributed by atoms with Crippen molar-refractivity contribution >= 4 is 44.1 Å². The van der Waals surface area contributed by atoms with Gasteiger partial charge in [-0.05, 0) is 88.2 Å². The van der Waals surface area contributed by atoms with E-state index in [1.807, 2.05) is 0 Å². The monoisotopic (exact) mass is 643 g/mol. The van der Waals surface area contributed by atoms with Gasteiger partial charge in [0.25, 0.3) is 0 Å². The summed E-state index contributed by atoms with van der Waals surface area (Å²) in [6.45, 7) is 2.34. The highest BCUT2D eigenvalue weighted by Gasteiger charge is 2.24. The number of nitrogens with zero attached hydrogens (tertiary/aromatic N) is 3. The first kappa shape index (κ1) is 30.0. The Morgan fingerprint density at radius 3 is 1.96 bits per heavy atom. The van der Waals surface area contributed by atoms with Crippen molar-refractivity contribution < 1.29 is 0 Å². The van der Waals surface area contributed by atoms with Crippen LogP contribution in [-0.2, 0) is 0 Å². The van der Waals surface area contributed by atoms with Gasteiger partial charge >= 0.3 is 0 Å². The van der Waals surface area contributed by atoms with Gasteiger partial charge in [-0.2, -0.15) is 0 Å². The topological polar surface area (TPSA) is 29.6 Å². The Labute approximate surface area is 292 Å². The van der Waals surface area contributed by atoms with Gasteiger partial charge < -0.3 is 4.57 Å². The molecule has 0 radical (unpaired) electrons. The lowest BCUT2D eigenvalue weighted by atomic mass is 9.87. The standard InChI is InChI=1S/C47H37N3/c1-32-25-28-43(34-14-3-2-4-15-34)48-47(49-46(32)38-18-11-17-36(30-38)37-27-26-33-13-5-6-16-35(33)29-37)39-19-12-20-40(31-39)50-44-23-9-7-21-41(44)42-22-8-10-24-45(42)50/h2-24,26-27,29-32,46H,25,28H2,1H3/b48-43+,49-47-. The zero-order chi connectivity index (χ0) is 33.4. The molecule has 2 atom stereocenters. The highest BCUT2D eigenvalue weighted by atomic mass is 15.0. The summed E-state index contributed by atoms with van der Waals surface area (Å²) in [7, 11) is 0. The molecule has 8 aromatic rings. The van der Waals surface area contributed by atoms with E-state index in [0.717, 1.165) is 41.2 Å². The van der Waals surface area contributed by atoms with Crippen LogP contribution < -0.4 is 0 Å². The van der Waals surface area contributed by atoms with Crippen LogP contribution >= 0.6 is 0 Å². The average Bonchev–Trinajstić information content (AvgIpc) is 3.51. The Bertz CT molecular complexity index is 2520. The van der Waals surface area contributed by atoms with Gasteiger partial charge in [0, 0.05) is 22.0 Å². The molecule has 7 aromatic carbocycles. The summed E-state index contributed by atoms with van der Waals surface area (Å²) < 4.78 is 2.37. The minimum absolute atomic E-state index is 0.0385. The van der Waals surface area contributed by atoms with Crippen LogP contribution in [0.15, 0.2) is 180 Å². The molecule has 1 aromatic heterocycles. The maximum Gasteiger partial charge on any atom is 0.155 e. The largest absolute Gasteiger partial charge is 0.309 e. The number of hydrogen-bond donors (Lipinski definition) is 0. The molecule has 2 unspecified atom stereocenters. The van der Waals surface area contributed by atoms with Crippen molar-refractivity contribution in [2.75, 3.05) is 0 Å². The van der Waals surface area contributed by atoms with E-state index in [0.29, 0.717) is 5.92 Å². The molecule has 0 aliphatic carbocycles. The molecule has 0 saturated heterocycles. The molecule has 1 aliphatic rings. The Morgan fingerprint density at radius 2 is 1.16 bits per heavy atom. The molecule has 9 rings (SSSR count). The SMILES string of the molecule is CC1CC/C(c2ccccc2)=N\C(c2cccc(-n3c4ccccc4c4ccccc43)c2)=N/C1c1cccc(-c2ccc3ccccc3c2)c1. The number of aliphatic imine (C=N–C) groups is 2. The molecule has 0 fully saturated rings. The van der Waals surface area contributed by atoms with Crippen molar-refractivity contribution in [3.8, 4) is 16.8 Å². The van der Waals surface area contributed by atoms with Gasteiger partial charge in [0.1, 0.15) is 0 Å². The number of benzene rings is 7. The van der Waals surface area contributed by atoms with E-state index in [1.165, 1.54) is 49.3 Å². The molecule has 3 nitrogen and oxygen atoms in total. The second-order valence-corrected chi connectivity index (χ2v) is 13.4. The first-order valence-electron chi connectivity index (χ1n) is 17.6. The van der Waals surface area contributed by atoms with Crippen LogP contribution in [0.25, 0.3) is 49.4 Å². The average molecular weight is 644 g/mol. The van der Waals surface area contributed by atoms with Crippen molar-refractivity contribution in [2.45, 2.75) is 25.8 Å². The van der Waals surface area contributed by atoms with Crippen molar-refractivity contribution in [2.24, 2.45) is 15.9 Å².